The zero-order chi connectivity index (χ0) is 13.2. The molecule has 1 aromatic carbocycles. The Morgan fingerprint density at radius 1 is 1.11 bits per heavy atom. The Kier molecular flexibility index (Phi) is 7.06. The van der Waals surface area contributed by atoms with Crippen molar-refractivity contribution in [2.75, 3.05) is 26.3 Å². The lowest BCUT2D eigenvalue weighted by atomic mass is 10.2. The molecule has 100 valence electrons. The molecule has 0 fully saturated rings. The van der Waals surface area contributed by atoms with Gasteiger partial charge in [-0.05, 0) is 12.1 Å². The molecule has 0 heterocycles. The average Bonchev–Trinajstić information content (AvgIpc) is 2.43. The van der Waals surface area contributed by atoms with Gasteiger partial charge < -0.3 is 4.74 Å². The largest absolute Gasteiger partial charge is 0.462 e. The molecule has 0 aliphatic heterocycles. The summed E-state index contributed by atoms with van der Waals surface area (Å²) < 4.78 is 5.14. The Balaban J connectivity index is 2.13. The molecule has 0 spiro atoms. The summed E-state index contributed by atoms with van der Waals surface area (Å²) >= 11 is 0. The maximum Gasteiger partial charge on any atom is 0.338 e. The predicted molar refractivity (Wildman–Crippen MR) is 70.2 cm³/mol. The standard InChI is InChI=1S/C14H21NO3/c1-3-15(4-2)18-12-8-11-17-14(16)13-9-6-5-7-10-13/h5-7,9-10H,3-4,8,11-12H2,1-2H3. The van der Waals surface area contributed by atoms with Crippen LogP contribution in [0.1, 0.15) is 30.6 Å². The number of rotatable bonds is 8. The van der Waals surface area contributed by atoms with Gasteiger partial charge in [0.05, 0.1) is 18.8 Å². The number of ether oxygens (including phenoxy) is 1. The molecule has 0 unspecified atom stereocenters. The molecular weight excluding hydrogens is 230 g/mol. The molecular formula is C14H21NO3. The van der Waals surface area contributed by atoms with Crippen LogP contribution in [0.2, 0.25) is 0 Å². The van der Waals surface area contributed by atoms with Crippen molar-refractivity contribution < 1.29 is 14.4 Å². The van der Waals surface area contributed by atoms with E-state index in [1.807, 2.05) is 37.1 Å². The molecule has 0 aromatic heterocycles. The Hall–Kier alpha value is -1.39. The van der Waals surface area contributed by atoms with Gasteiger partial charge >= 0.3 is 5.97 Å². The maximum absolute atomic E-state index is 11.6. The van der Waals surface area contributed by atoms with Crippen LogP contribution in [-0.4, -0.2) is 37.3 Å². The minimum atomic E-state index is -0.279. The fourth-order valence-corrected chi connectivity index (χ4v) is 1.48. The van der Waals surface area contributed by atoms with Gasteiger partial charge in [0.25, 0.3) is 0 Å². The topological polar surface area (TPSA) is 38.8 Å². The first-order valence-electron chi connectivity index (χ1n) is 6.38. The number of hydroxylamine groups is 2. The summed E-state index contributed by atoms with van der Waals surface area (Å²) in [5, 5.41) is 1.87. The van der Waals surface area contributed by atoms with Gasteiger partial charge in [-0.3, -0.25) is 4.84 Å². The first-order valence-corrected chi connectivity index (χ1v) is 6.38. The van der Waals surface area contributed by atoms with Crippen LogP contribution in [-0.2, 0) is 9.57 Å². The molecule has 0 N–H and O–H groups in total. The fraction of sp³-hybridized carbons (Fsp3) is 0.500. The van der Waals surface area contributed by atoms with Crippen LogP contribution in [0.4, 0.5) is 0 Å². The molecule has 0 radical (unpaired) electrons. The van der Waals surface area contributed by atoms with Gasteiger partial charge in [-0.1, -0.05) is 32.0 Å². The fourth-order valence-electron chi connectivity index (χ4n) is 1.48. The normalized spacial score (nSPS) is 10.6. The van der Waals surface area contributed by atoms with E-state index in [9.17, 15) is 4.79 Å². The van der Waals surface area contributed by atoms with Gasteiger partial charge in [0.2, 0.25) is 0 Å². The first kappa shape index (κ1) is 14.7. The quantitative estimate of drug-likeness (QED) is 0.404. The van der Waals surface area contributed by atoms with Gasteiger partial charge in [0.1, 0.15) is 0 Å². The number of hydrogen-bond acceptors (Lipinski definition) is 4. The minimum absolute atomic E-state index is 0.279. The van der Waals surface area contributed by atoms with E-state index < -0.39 is 0 Å². The zero-order valence-electron chi connectivity index (χ0n) is 11.1. The van der Waals surface area contributed by atoms with Crippen LogP contribution >= 0.6 is 0 Å². The van der Waals surface area contributed by atoms with Crippen LogP contribution in [0.25, 0.3) is 0 Å². The summed E-state index contributed by atoms with van der Waals surface area (Å²) in [5.74, 6) is -0.279. The summed E-state index contributed by atoms with van der Waals surface area (Å²) in [4.78, 5) is 17.1. The summed E-state index contributed by atoms with van der Waals surface area (Å²) in [6, 6.07) is 9.00. The number of carbonyl (C=O) groups is 1. The van der Waals surface area contributed by atoms with Crippen LogP contribution in [0.15, 0.2) is 30.3 Å². The van der Waals surface area contributed by atoms with Crippen molar-refractivity contribution in [3.05, 3.63) is 35.9 Å². The van der Waals surface area contributed by atoms with E-state index in [1.165, 1.54) is 0 Å². The highest BCUT2D eigenvalue weighted by Gasteiger charge is 2.05. The summed E-state index contributed by atoms with van der Waals surface area (Å²) in [6.07, 6.45) is 0.703. The highest BCUT2D eigenvalue weighted by Crippen LogP contribution is 2.01. The van der Waals surface area contributed by atoms with Crippen LogP contribution in [0, 0.1) is 0 Å². The van der Waals surface area contributed by atoms with Crippen LogP contribution < -0.4 is 0 Å². The highest BCUT2D eigenvalue weighted by molar-refractivity contribution is 5.89. The molecule has 4 heteroatoms. The van der Waals surface area contributed by atoms with Gasteiger partial charge in [0.15, 0.2) is 0 Å². The lowest BCUT2D eigenvalue weighted by Crippen LogP contribution is -2.24. The number of carbonyl (C=O) groups excluding carboxylic acids is 1. The average molecular weight is 251 g/mol. The van der Waals surface area contributed by atoms with E-state index in [0.717, 1.165) is 13.1 Å². The predicted octanol–water partition coefficient (Wildman–Crippen LogP) is 2.51. The summed E-state index contributed by atoms with van der Waals surface area (Å²) in [6.45, 7) is 6.76. The third-order valence-corrected chi connectivity index (χ3v) is 2.51. The van der Waals surface area contributed by atoms with Crippen LogP contribution in [0.5, 0.6) is 0 Å². The molecule has 4 nitrogen and oxygen atoms in total. The lowest BCUT2D eigenvalue weighted by molar-refractivity contribution is -0.155. The van der Waals surface area contributed by atoms with Crippen molar-refractivity contribution in [2.45, 2.75) is 20.3 Å². The van der Waals surface area contributed by atoms with Gasteiger partial charge in [-0.25, -0.2) is 4.79 Å². The SMILES string of the molecule is CCN(CC)OCCCOC(=O)c1ccccc1. The highest BCUT2D eigenvalue weighted by atomic mass is 16.7. The molecule has 0 amide bonds. The van der Waals surface area contributed by atoms with E-state index in [0.29, 0.717) is 25.2 Å². The van der Waals surface area contributed by atoms with Gasteiger partial charge in [-0.2, -0.15) is 5.06 Å². The number of esters is 1. The molecule has 0 bridgehead atoms. The zero-order valence-corrected chi connectivity index (χ0v) is 11.1. The number of benzene rings is 1. The second kappa shape index (κ2) is 8.66. The van der Waals surface area contributed by atoms with E-state index >= 15 is 0 Å². The Labute approximate surface area is 108 Å². The molecule has 0 aliphatic carbocycles. The minimum Gasteiger partial charge on any atom is -0.462 e. The van der Waals surface area contributed by atoms with Crippen molar-refractivity contribution in [2.24, 2.45) is 0 Å². The summed E-state index contributed by atoms with van der Waals surface area (Å²) in [5.41, 5.74) is 0.585. The van der Waals surface area contributed by atoms with Crippen molar-refractivity contribution in [1.29, 1.82) is 0 Å². The lowest BCUT2D eigenvalue weighted by Gasteiger charge is -2.17. The van der Waals surface area contributed by atoms with Crippen LogP contribution in [0.3, 0.4) is 0 Å². The van der Waals surface area contributed by atoms with Crippen molar-refractivity contribution >= 4 is 5.97 Å². The van der Waals surface area contributed by atoms with Crippen molar-refractivity contribution in [3.8, 4) is 0 Å². The summed E-state index contributed by atoms with van der Waals surface area (Å²) in [7, 11) is 0. The molecule has 0 saturated carbocycles. The Morgan fingerprint density at radius 3 is 2.39 bits per heavy atom. The maximum atomic E-state index is 11.6. The smallest absolute Gasteiger partial charge is 0.338 e. The van der Waals surface area contributed by atoms with Crippen molar-refractivity contribution in [1.82, 2.24) is 5.06 Å². The first-order chi connectivity index (χ1) is 8.77. The third kappa shape index (κ3) is 5.29. The van der Waals surface area contributed by atoms with Crippen molar-refractivity contribution in [3.63, 3.8) is 0 Å². The molecule has 0 aliphatic rings. The second-order valence-corrected chi connectivity index (χ2v) is 3.80. The number of hydrogen-bond donors (Lipinski definition) is 0. The van der Waals surface area contributed by atoms with E-state index in [2.05, 4.69) is 0 Å². The van der Waals surface area contributed by atoms with Gasteiger partial charge in [-0.15, -0.1) is 0 Å². The third-order valence-electron chi connectivity index (χ3n) is 2.51. The second-order valence-electron chi connectivity index (χ2n) is 3.80. The van der Waals surface area contributed by atoms with Gasteiger partial charge in [0, 0.05) is 19.5 Å². The van der Waals surface area contributed by atoms with E-state index in [-0.39, 0.29) is 5.97 Å². The molecule has 0 atom stereocenters. The molecule has 18 heavy (non-hydrogen) atoms. The Morgan fingerprint density at radius 2 is 1.78 bits per heavy atom. The number of nitrogens with zero attached hydrogens (tertiary/aromatic N) is 1. The van der Waals surface area contributed by atoms with E-state index in [4.69, 9.17) is 9.57 Å². The molecule has 1 rings (SSSR count). The molecule has 1 aromatic rings. The monoisotopic (exact) mass is 251 g/mol. The Bertz CT molecular complexity index is 336. The van der Waals surface area contributed by atoms with E-state index in [1.54, 1.807) is 12.1 Å². The molecule has 0 saturated heterocycles.